The summed E-state index contributed by atoms with van der Waals surface area (Å²) in [6.45, 7) is 14.2. The molecule has 1 unspecified atom stereocenters. The Morgan fingerprint density at radius 3 is 1.19 bits per heavy atom. The maximum Gasteiger partial charge on any atom is 0.225 e. The van der Waals surface area contributed by atoms with Crippen LogP contribution in [0, 0.1) is 0 Å². The van der Waals surface area contributed by atoms with E-state index in [1.165, 1.54) is 43.3 Å². The Kier molecular flexibility index (Phi) is 21.8. The van der Waals surface area contributed by atoms with Gasteiger partial charge in [0.1, 0.15) is 0 Å². The lowest BCUT2D eigenvalue weighted by Crippen LogP contribution is -2.39. The quantitative estimate of drug-likeness (QED) is 0.0362. The molecule has 0 radical (unpaired) electrons. The number of carbonyl (C=O) groups is 4. The predicted molar refractivity (Wildman–Crippen MR) is 249 cm³/mol. The lowest BCUT2D eigenvalue weighted by atomic mass is 10.1. The number of hydrogen-bond donors (Lipinski definition) is 7. The van der Waals surface area contributed by atoms with Crippen LogP contribution in [0.1, 0.15) is 91.2 Å². The van der Waals surface area contributed by atoms with E-state index in [4.69, 9.17) is 116 Å². The SMILES string of the molecule is CC(=O)c1cc(Cl)c(N)c(Cl)c1.CC(C)(C)NCC(=O)c1cc(Cl)c(N)c(Cl)c1.CC(C)(C)NCC(O)c1cc(Cl)c(N)c(Cl)c1.Nc1c(Cl)cc(C(=O)C=O)cc1Cl. The predicted octanol–water partition coefficient (Wildman–Crippen LogP) is 10.9. The molecular weight excluding hydrogens is 928 g/mol. The van der Waals surface area contributed by atoms with E-state index in [2.05, 4.69) is 10.6 Å². The zero-order valence-corrected chi connectivity index (χ0v) is 39.1. The molecule has 4 aromatic rings. The number of ketones is 3. The van der Waals surface area contributed by atoms with Crippen molar-refractivity contribution in [2.75, 3.05) is 36.0 Å². The first-order valence-electron chi connectivity index (χ1n) is 17.2. The van der Waals surface area contributed by atoms with Crippen LogP contribution in [0.15, 0.2) is 48.5 Å². The van der Waals surface area contributed by atoms with Crippen LogP contribution in [0.2, 0.25) is 40.2 Å². The van der Waals surface area contributed by atoms with Crippen molar-refractivity contribution in [3.05, 3.63) is 111 Å². The lowest BCUT2D eigenvalue weighted by Gasteiger charge is -2.23. The highest BCUT2D eigenvalue weighted by Gasteiger charge is 2.17. The molecule has 0 heterocycles. The molecule has 11 nitrogen and oxygen atoms in total. The maximum absolute atomic E-state index is 11.9. The molecule has 0 aliphatic heterocycles. The fraction of sp³-hybridized carbons (Fsp3) is 0.300. The maximum atomic E-state index is 11.9. The van der Waals surface area contributed by atoms with Gasteiger partial charge >= 0.3 is 0 Å². The van der Waals surface area contributed by atoms with Crippen LogP contribution < -0.4 is 33.6 Å². The molecule has 0 aliphatic rings. The summed E-state index contributed by atoms with van der Waals surface area (Å²) in [4.78, 5) is 43.8. The molecule has 11 N–H and O–H groups in total. The second kappa shape index (κ2) is 23.8. The van der Waals surface area contributed by atoms with Gasteiger partial charge in [-0.05, 0) is 103 Å². The van der Waals surface area contributed by atoms with Crippen molar-refractivity contribution in [3.8, 4) is 0 Å². The van der Waals surface area contributed by atoms with E-state index in [1.54, 1.807) is 12.1 Å². The van der Waals surface area contributed by atoms with Crippen LogP contribution in [0.25, 0.3) is 0 Å². The van der Waals surface area contributed by atoms with Gasteiger partial charge < -0.3 is 38.7 Å². The summed E-state index contributed by atoms with van der Waals surface area (Å²) in [6.07, 6.45) is -0.470. The van der Waals surface area contributed by atoms with Crippen LogP contribution in [0.5, 0.6) is 0 Å². The smallest absolute Gasteiger partial charge is 0.225 e. The van der Waals surface area contributed by atoms with E-state index in [0.717, 1.165) is 0 Å². The molecule has 0 saturated carbocycles. The number of aliphatic hydroxyl groups excluding tert-OH is 1. The van der Waals surface area contributed by atoms with Gasteiger partial charge in [-0.2, -0.15) is 0 Å². The molecule has 0 saturated heterocycles. The van der Waals surface area contributed by atoms with Crippen molar-refractivity contribution in [2.45, 2.75) is 65.6 Å². The largest absolute Gasteiger partial charge is 0.396 e. The van der Waals surface area contributed by atoms with Gasteiger partial charge in [0.15, 0.2) is 17.9 Å². The molecule has 322 valence electrons. The van der Waals surface area contributed by atoms with Gasteiger partial charge in [-0.3, -0.25) is 19.2 Å². The van der Waals surface area contributed by atoms with Crippen LogP contribution in [0.4, 0.5) is 22.7 Å². The van der Waals surface area contributed by atoms with Gasteiger partial charge in [-0.15, -0.1) is 0 Å². The zero-order chi connectivity index (χ0) is 45.7. The molecule has 0 amide bonds. The fourth-order valence-corrected chi connectivity index (χ4v) is 6.06. The Balaban J connectivity index is 0.000000397. The molecule has 0 spiro atoms. The Bertz CT molecular complexity index is 2060. The Hall–Kier alpha value is -3.04. The van der Waals surface area contributed by atoms with Crippen LogP contribution in [-0.2, 0) is 4.79 Å². The molecule has 0 fully saturated rings. The van der Waals surface area contributed by atoms with E-state index in [9.17, 15) is 24.3 Å². The van der Waals surface area contributed by atoms with E-state index >= 15 is 0 Å². The summed E-state index contributed by atoms with van der Waals surface area (Å²) in [5.41, 5.74) is 24.9. The normalized spacial score (nSPS) is 11.5. The van der Waals surface area contributed by atoms with Crippen molar-refractivity contribution in [1.29, 1.82) is 0 Å². The minimum atomic E-state index is -0.677. The van der Waals surface area contributed by atoms with Crippen molar-refractivity contribution >= 4 is 139 Å². The van der Waals surface area contributed by atoms with E-state index in [1.807, 2.05) is 41.5 Å². The number of nitrogens with one attached hydrogen (secondary N) is 2. The number of rotatable bonds is 9. The Morgan fingerprint density at radius 1 is 0.576 bits per heavy atom. The van der Waals surface area contributed by atoms with Crippen molar-refractivity contribution in [1.82, 2.24) is 10.6 Å². The first-order chi connectivity index (χ1) is 27.0. The minimum Gasteiger partial charge on any atom is -0.396 e. The molecule has 0 aliphatic carbocycles. The summed E-state index contributed by atoms with van der Waals surface area (Å²) in [5.74, 6) is -0.827. The molecule has 4 aromatic carbocycles. The number of anilines is 4. The van der Waals surface area contributed by atoms with E-state index < -0.39 is 11.9 Å². The molecular formula is C40H46Cl8N6O5. The third kappa shape index (κ3) is 18.6. The van der Waals surface area contributed by atoms with E-state index in [-0.39, 0.29) is 56.8 Å². The van der Waals surface area contributed by atoms with Gasteiger partial charge in [0, 0.05) is 34.3 Å². The average molecular weight is 974 g/mol. The molecule has 1 atom stereocenters. The number of nitrogen functional groups attached to an aromatic ring is 4. The second-order valence-electron chi connectivity index (χ2n) is 14.7. The fourth-order valence-electron chi connectivity index (χ4n) is 4.09. The third-order valence-corrected chi connectivity index (χ3v) is 9.95. The number of carbonyl (C=O) groups excluding carboxylic acids is 4. The van der Waals surface area contributed by atoms with Gasteiger partial charge in [0.2, 0.25) is 5.78 Å². The Labute approximate surface area is 384 Å². The number of β-amino-alcohol motifs (C(OH)–C–C–N with tert-alkyl or cyclic N) is 1. The molecule has 0 aromatic heterocycles. The van der Waals surface area contributed by atoms with Crippen LogP contribution in [0.3, 0.4) is 0 Å². The molecule has 0 bridgehead atoms. The van der Waals surface area contributed by atoms with Crippen molar-refractivity contribution in [3.63, 3.8) is 0 Å². The average Bonchev–Trinajstić information content (AvgIpc) is 3.14. The minimum absolute atomic E-state index is 0.0532. The second-order valence-corrected chi connectivity index (χ2v) is 17.9. The summed E-state index contributed by atoms with van der Waals surface area (Å²) in [7, 11) is 0. The zero-order valence-electron chi connectivity index (χ0n) is 33.1. The number of halogens is 8. The molecule has 59 heavy (non-hydrogen) atoms. The van der Waals surface area contributed by atoms with Gasteiger partial charge in [-0.1, -0.05) is 92.8 Å². The topological polar surface area (TPSA) is 217 Å². The van der Waals surface area contributed by atoms with Gasteiger partial charge in [-0.25, -0.2) is 0 Å². The standard InChI is InChI=1S/C12H18Cl2N2O.C12H16Cl2N2O.C8H5Cl2NO2.C8H7Cl2NO/c2*1-12(2,3)16-6-10(17)7-4-8(13)11(15)9(14)5-7;9-5-1-4(7(13)3-12)2-6(10)8(5)11;1-4(12)5-2-6(9)8(11)7(10)3-5/h4-5,10,16-17H,6,15H2,1-3H3;4-5,16H,6,15H2,1-3H3;1-3H,11H2;2-3H,11H2,1H3. The highest BCUT2D eigenvalue weighted by atomic mass is 35.5. The summed E-state index contributed by atoms with van der Waals surface area (Å²) < 4.78 is 0. The number of Topliss-reactive ketones (excluding diaryl/α,β-unsaturated/α-hetero) is 3. The van der Waals surface area contributed by atoms with Gasteiger partial charge in [0.25, 0.3) is 0 Å². The molecule has 4 rings (SSSR count). The van der Waals surface area contributed by atoms with Crippen molar-refractivity contribution < 1.29 is 24.3 Å². The lowest BCUT2D eigenvalue weighted by molar-refractivity contribution is -0.104. The third-order valence-electron chi connectivity index (χ3n) is 7.45. The Morgan fingerprint density at radius 2 is 0.881 bits per heavy atom. The van der Waals surface area contributed by atoms with Crippen LogP contribution in [-0.4, -0.2) is 52.9 Å². The monoisotopic (exact) mass is 970 g/mol. The summed E-state index contributed by atoms with van der Waals surface area (Å²) in [6, 6.07) is 12.0. The van der Waals surface area contributed by atoms with Crippen LogP contribution >= 0.6 is 92.8 Å². The summed E-state index contributed by atoms with van der Waals surface area (Å²) in [5, 5.41) is 18.6. The van der Waals surface area contributed by atoms with Crippen molar-refractivity contribution in [2.24, 2.45) is 0 Å². The number of nitrogens with two attached hydrogens (primary N) is 4. The first kappa shape index (κ1) is 54.0. The van der Waals surface area contributed by atoms with Gasteiger partial charge in [0.05, 0.1) is 75.6 Å². The van der Waals surface area contributed by atoms with E-state index in [0.29, 0.717) is 70.4 Å². The number of aldehydes is 1. The first-order valence-corrected chi connectivity index (χ1v) is 20.2. The number of aliphatic hydroxyl groups is 1. The molecule has 19 heteroatoms. The highest BCUT2D eigenvalue weighted by Crippen LogP contribution is 2.32. The highest BCUT2D eigenvalue weighted by molar-refractivity contribution is 6.42. The summed E-state index contributed by atoms with van der Waals surface area (Å²) >= 11 is 46.3. The number of hydrogen-bond acceptors (Lipinski definition) is 11. The number of benzene rings is 4.